The molecule has 1 aromatic heterocycles. The molecule has 2 saturated heterocycles. The first-order valence-electron chi connectivity index (χ1n) is 7.95. The van der Waals surface area contributed by atoms with Crippen LogP contribution in [0.4, 0.5) is 17.5 Å². The molecule has 2 fully saturated rings. The number of aromatic nitrogens is 2. The van der Waals surface area contributed by atoms with Gasteiger partial charge < -0.3 is 20.7 Å². The Kier molecular flexibility index (Phi) is 4.87. The van der Waals surface area contributed by atoms with E-state index in [4.69, 9.17) is 10.5 Å². The number of nitrogens with zero attached hydrogens (tertiary/aromatic N) is 4. The highest BCUT2D eigenvalue weighted by atomic mass is 16.6. The number of ether oxygens (including phenoxy) is 1. The van der Waals surface area contributed by atoms with Crippen molar-refractivity contribution in [3.8, 4) is 0 Å². The van der Waals surface area contributed by atoms with Crippen LogP contribution in [-0.4, -0.2) is 58.7 Å². The molecule has 1 atom stereocenters. The van der Waals surface area contributed by atoms with Gasteiger partial charge in [-0.05, 0) is 25.2 Å². The second kappa shape index (κ2) is 7.05. The molecule has 0 radical (unpaired) electrons. The van der Waals surface area contributed by atoms with Gasteiger partial charge in [-0.1, -0.05) is 0 Å². The van der Waals surface area contributed by atoms with Crippen LogP contribution >= 0.6 is 0 Å². The molecule has 1 unspecified atom stereocenters. The highest BCUT2D eigenvalue weighted by Crippen LogP contribution is 2.21. The summed E-state index contributed by atoms with van der Waals surface area (Å²) in [5.41, 5.74) is 5.33. The van der Waals surface area contributed by atoms with Crippen molar-refractivity contribution in [1.29, 1.82) is 0 Å². The quantitative estimate of drug-likeness (QED) is 0.605. The molecule has 3 rings (SSSR count). The fraction of sp³-hybridized carbons (Fsp3) is 0.714. The number of hydrogen-bond acceptors (Lipinski definition) is 8. The molecular weight excluding hydrogens is 300 g/mol. The summed E-state index contributed by atoms with van der Waals surface area (Å²) >= 11 is 0. The van der Waals surface area contributed by atoms with Gasteiger partial charge in [0.1, 0.15) is 6.20 Å². The van der Waals surface area contributed by atoms with E-state index in [1.54, 1.807) is 0 Å². The summed E-state index contributed by atoms with van der Waals surface area (Å²) in [6, 6.07) is 0.270. The van der Waals surface area contributed by atoms with Crippen LogP contribution in [0.3, 0.4) is 0 Å². The second-order valence-corrected chi connectivity index (χ2v) is 6.17. The van der Waals surface area contributed by atoms with Gasteiger partial charge in [0.2, 0.25) is 11.8 Å². The highest BCUT2D eigenvalue weighted by molar-refractivity contribution is 5.53. The van der Waals surface area contributed by atoms with Crippen molar-refractivity contribution in [2.45, 2.75) is 25.3 Å². The summed E-state index contributed by atoms with van der Waals surface area (Å²) in [6.07, 6.45) is 4.30. The summed E-state index contributed by atoms with van der Waals surface area (Å²) in [7, 11) is 0. The minimum atomic E-state index is -0.579. The zero-order valence-corrected chi connectivity index (χ0v) is 13.0. The molecule has 0 aromatic carbocycles. The van der Waals surface area contributed by atoms with E-state index in [-0.39, 0.29) is 17.5 Å². The number of nitrogens with one attached hydrogen (secondary N) is 1. The molecule has 9 heteroatoms. The van der Waals surface area contributed by atoms with Gasteiger partial charge in [0, 0.05) is 32.3 Å². The van der Waals surface area contributed by atoms with E-state index in [2.05, 4.69) is 20.2 Å². The van der Waals surface area contributed by atoms with Gasteiger partial charge in [0.05, 0.1) is 11.5 Å². The molecule has 23 heavy (non-hydrogen) atoms. The number of rotatable bonds is 5. The van der Waals surface area contributed by atoms with Crippen molar-refractivity contribution >= 4 is 17.5 Å². The molecule has 9 nitrogen and oxygen atoms in total. The first-order chi connectivity index (χ1) is 11.1. The zero-order valence-electron chi connectivity index (χ0n) is 13.0. The highest BCUT2D eigenvalue weighted by Gasteiger charge is 2.24. The molecule has 3 N–H and O–H groups in total. The normalized spacial score (nSPS) is 23.0. The number of nitrogen functional groups attached to an aromatic ring is 1. The smallest absolute Gasteiger partial charge is 0.329 e. The van der Waals surface area contributed by atoms with Crippen molar-refractivity contribution in [2.24, 2.45) is 5.92 Å². The van der Waals surface area contributed by atoms with Gasteiger partial charge in [0.15, 0.2) is 0 Å². The fourth-order valence-electron chi connectivity index (χ4n) is 3.13. The number of hydrogen-bond donors (Lipinski definition) is 2. The Morgan fingerprint density at radius 2 is 2.22 bits per heavy atom. The predicted octanol–water partition coefficient (Wildman–Crippen LogP) is 0.880. The van der Waals surface area contributed by atoms with Crippen LogP contribution in [0.25, 0.3) is 0 Å². The van der Waals surface area contributed by atoms with E-state index < -0.39 is 4.92 Å². The lowest BCUT2D eigenvalue weighted by atomic mass is 10.0. The van der Waals surface area contributed by atoms with E-state index in [0.717, 1.165) is 58.3 Å². The maximum absolute atomic E-state index is 10.7. The molecule has 126 valence electrons. The molecule has 0 spiro atoms. The summed E-state index contributed by atoms with van der Waals surface area (Å²) in [4.78, 5) is 20.6. The van der Waals surface area contributed by atoms with Gasteiger partial charge in [-0.3, -0.25) is 10.1 Å². The molecule has 3 heterocycles. The molecule has 0 aliphatic carbocycles. The standard InChI is InChI=1S/C14H22N6O3/c15-13-12(20(21)22)7-16-14(18-13)17-11-1-4-19(5-2-11)8-10-3-6-23-9-10/h7,10-11H,1-6,8-9H2,(H3,15,16,17,18). The van der Waals surface area contributed by atoms with E-state index in [0.29, 0.717) is 11.9 Å². The largest absolute Gasteiger partial charge is 0.381 e. The van der Waals surface area contributed by atoms with Crippen molar-refractivity contribution in [2.75, 3.05) is 43.9 Å². The van der Waals surface area contributed by atoms with Crippen molar-refractivity contribution in [1.82, 2.24) is 14.9 Å². The van der Waals surface area contributed by atoms with E-state index in [1.807, 2.05) is 0 Å². The topological polar surface area (TPSA) is 119 Å². The number of likely N-dealkylation sites (tertiary alicyclic amines) is 1. The number of nitro groups is 1. The lowest BCUT2D eigenvalue weighted by Crippen LogP contribution is -2.41. The van der Waals surface area contributed by atoms with Gasteiger partial charge in [-0.15, -0.1) is 0 Å². The Morgan fingerprint density at radius 1 is 1.43 bits per heavy atom. The fourth-order valence-corrected chi connectivity index (χ4v) is 3.13. The van der Waals surface area contributed by atoms with E-state index in [9.17, 15) is 10.1 Å². The van der Waals surface area contributed by atoms with Crippen LogP contribution in [0.15, 0.2) is 6.20 Å². The molecule has 1 aromatic rings. The van der Waals surface area contributed by atoms with Crippen LogP contribution in [0.2, 0.25) is 0 Å². The minimum absolute atomic E-state index is 0.105. The molecule has 0 saturated carbocycles. The van der Waals surface area contributed by atoms with Crippen molar-refractivity contribution < 1.29 is 9.66 Å². The van der Waals surface area contributed by atoms with Crippen LogP contribution in [-0.2, 0) is 4.74 Å². The summed E-state index contributed by atoms with van der Waals surface area (Å²) in [6.45, 7) is 4.93. The average molecular weight is 322 g/mol. The number of anilines is 2. The van der Waals surface area contributed by atoms with Crippen LogP contribution in [0.1, 0.15) is 19.3 Å². The van der Waals surface area contributed by atoms with Crippen molar-refractivity contribution in [3.05, 3.63) is 16.3 Å². The second-order valence-electron chi connectivity index (χ2n) is 6.17. The number of piperidine rings is 1. The Balaban J connectivity index is 1.48. The third-order valence-corrected chi connectivity index (χ3v) is 4.46. The molecule has 2 aliphatic rings. The Labute approximate surface area is 134 Å². The van der Waals surface area contributed by atoms with Gasteiger partial charge in [-0.2, -0.15) is 4.98 Å². The third-order valence-electron chi connectivity index (χ3n) is 4.46. The SMILES string of the molecule is Nc1nc(NC2CCN(CC3CCOC3)CC2)ncc1[N+](=O)[O-]. The lowest BCUT2D eigenvalue weighted by molar-refractivity contribution is -0.384. The Hall–Kier alpha value is -2.00. The summed E-state index contributed by atoms with van der Waals surface area (Å²) in [5.74, 6) is 0.916. The Morgan fingerprint density at radius 3 is 2.83 bits per heavy atom. The Bertz CT molecular complexity index is 555. The van der Waals surface area contributed by atoms with Crippen molar-refractivity contribution in [3.63, 3.8) is 0 Å². The number of nitrogens with two attached hydrogens (primary N) is 1. The van der Waals surface area contributed by atoms with Gasteiger partial charge in [0.25, 0.3) is 0 Å². The van der Waals surface area contributed by atoms with Crippen LogP contribution in [0, 0.1) is 16.0 Å². The molecular formula is C14H22N6O3. The first-order valence-corrected chi connectivity index (χ1v) is 7.95. The molecule has 0 amide bonds. The minimum Gasteiger partial charge on any atom is -0.381 e. The van der Waals surface area contributed by atoms with E-state index in [1.165, 1.54) is 0 Å². The summed E-state index contributed by atoms with van der Waals surface area (Å²) < 4.78 is 5.42. The van der Waals surface area contributed by atoms with Gasteiger partial charge >= 0.3 is 5.69 Å². The zero-order chi connectivity index (χ0) is 16.2. The third kappa shape index (κ3) is 4.05. The van der Waals surface area contributed by atoms with Gasteiger partial charge in [-0.25, -0.2) is 4.98 Å². The lowest BCUT2D eigenvalue weighted by Gasteiger charge is -2.33. The monoisotopic (exact) mass is 322 g/mol. The molecule has 0 bridgehead atoms. The maximum atomic E-state index is 10.7. The first kappa shape index (κ1) is 15.9. The van der Waals surface area contributed by atoms with Crippen LogP contribution < -0.4 is 11.1 Å². The molecule has 2 aliphatic heterocycles. The predicted molar refractivity (Wildman–Crippen MR) is 85.1 cm³/mol. The summed E-state index contributed by atoms with van der Waals surface area (Å²) in [5, 5.41) is 13.9. The van der Waals surface area contributed by atoms with Crippen LogP contribution in [0.5, 0.6) is 0 Å². The maximum Gasteiger partial charge on any atom is 0.329 e. The average Bonchev–Trinajstić information content (AvgIpc) is 3.02. The van der Waals surface area contributed by atoms with E-state index >= 15 is 0 Å².